The minimum absolute atomic E-state index is 0.633. The maximum atomic E-state index is 5.69. The van der Waals surface area contributed by atoms with E-state index in [-0.39, 0.29) is 0 Å². The number of rotatable bonds is 4. The van der Waals surface area contributed by atoms with Crippen LogP contribution in [0.1, 0.15) is 24.8 Å². The zero-order chi connectivity index (χ0) is 11.5. The number of aryl methyl sites for hydroxylation is 1. The van der Waals surface area contributed by atoms with E-state index >= 15 is 0 Å². The van der Waals surface area contributed by atoms with Crippen LogP contribution in [0.25, 0.3) is 0 Å². The molecule has 1 aliphatic rings. The maximum Gasteiger partial charge on any atom is 0.143 e. The maximum absolute atomic E-state index is 5.69. The number of hydrogen-bond donors (Lipinski definition) is 1. The molecule has 2 N–H and O–H groups in total. The van der Waals surface area contributed by atoms with Gasteiger partial charge in [0.05, 0.1) is 4.47 Å². The van der Waals surface area contributed by atoms with Crippen molar-refractivity contribution in [3.63, 3.8) is 0 Å². The first-order chi connectivity index (χ1) is 7.74. The average Bonchev–Trinajstić information content (AvgIpc) is 2.19. The summed E-state index contributed by atoms with van der Waals surface area (Å²) >= 11 is 3.63. The van der Waals surface area contributed by atoms with Gasteiger partial charge in [-0.25, -0.2) is 4.98 Å². The molecule has 2 rings (SSSR count). The number of halogens is 1. The standard InChI is InChI=1S/C12H18BrN3/c1-9-5-7-15-12(11(9)13)16(8-6-14)10-3-2-4-10/h5,7,10H,2-4,6,8,14H2,1H3. The highest BCUT2D eigenvalue weighted by Crippen LogP contribution is 2.33. The summed E-state index contributed by atoms with van der Waals surface area (Å²) in [6.45, 7) is 3.66. The van der Waals surface area contributed by atoms with Gasteiger partial charge in [0.2, 0.25) is 0 Å². The van der Waals surface area contributed by atoms with Gasteiger partial charge in [-0.1, -0.05) is 0 Å². The van der Waals surface area contributed by atoms with E-state index in [0.717, 1.165) is 16.8 Å². The third-order valence-corrected chi connectivity index (χ3v) is 4.20. The second-order valence-electron chi connectivity index (χ2n) is 4.33. The molecule has 0 saturated heterocycles. The molecule has 1 aromatic heterocycles. The van der Waals surface area contributed by atoms with Crippen LogP contribution in [0.2, 0.25) is 0 Å². The molecule has 0 atom stereocenters. The SMILES string of the molecule is Cc1ccnc(N(CCN)C2CCC2)c1Br. The van der Waals surface area contributed by atoms with E-state index in [1.54, 1.807) is 0 Å². The number of nitrogens with zero attached hydrogens (tertiary/aromatic N) is 2. The van der Waals surface area contributed by atoms with Gasteiger partial charge < -0.3 is 10.6 Å². The Hall–Kier alpha value is -0.610. The fourth-order valence-corrected chi connectivity index (χ4v) is 2.49. The molecule has 0 bridgehead atoms. The number of anilines is 1. The lowest BCUT2D eigenvalue weighted by atomic mass is 9.91. The van der Waals surface area contributed by atoms with E-state index in [4.69, 9.17) is 5.73 Å². The van der Waals surface area contributed by atoms with Gasteiger partial charge in [0, 0.05) is 25.3 Å². The summed E-state index contributed by atoms with van der Waals surface area (Å²) in [4.78, 5) is 6.83. The van der Waals surface area contributed by atoms with Crippen LogP contribution in [0.3, 0.4) is 0 Å². The fraction of sp³-hybridized carbons (Fsp3) is 0.583. The van der Waals surface area contributed by atoms with Crippen molar-refractivity contribution in [1.82, 2.24) is 4.98 Å². The first-order valence-electron chi connectivity index (χ1n) is 5.82. The summed E-state index contributed by atoms with van der Waals surface area (Å²) in [5.41, 5.74) is 6.91. The number of pyridine rings is 1. The molecule has 0 aromatic carbocycles. The van der Waals surface area contributed by atoms with Crippen molar-refractivity contribution in [2.75, 3.05) is 18.0 Å². The molecule has 0 spiro atoms. The van der Waals surface area contributed by atoms with Crippen molar-refractivity contribution < 1.29 is 0 Å². The Morgan fingerprint density at radius 1 is 1.56 bits per heavy atom. The third-order valence-electron chi connectivity index (χ3n) is 3.22. The molecule has 1 saturated carbocycles. The van der Waals surface area contributed by atoms with Crippen molar-refractivity contribution in [2.24, 2.45) is 5.73 Å². The minimum atomic E-state index is 0.633. The summed E-state index contributed by atoms with van der Waals surface area (Å²) in [7, 11) is 0. The molecule has 0 aliphatic heterocycles. The first-order valence-corrected chi connectivity index (χ1v) is 6.61. The van der Waals surface area contributed by atoms with Gasteiger partial charge in [-0.2, -0.15) is 0 Å². The lowest BCUT2D eigenvalue weighted by Gasteiger charge is -2.38. The van der Waals surface area contributed by atoms with E-state index in [1.165, 1.54) is 24.8 Å². The normalized spacial score (nSPS) is 15.9. The van der Waals surface area contributed by atoms with Gasteiger partial charge in [0.25, 0.3) is 0 Å². The monoisotopic (exact) mass is 283 g/mol. The molecule has 3 nitrogen and oxygen atoms in total. The molecule has 0 unspecified atom stereocenters. The zero-order valence-electron chi connectivity index (χ0n) is 9.62. The van der Waals surface area contributed by atoms with Crippen molar-refractivity contribution in [3.8, 4) is 0 Å². The smallest absolute Gasteiger partial charge is 0.143 e. The molecule has 1 heterocycles. The van der Waals surface area contributed by atoms with Crippen LogP contribution >= 0.6 is 15.9 Å². The second-order valence-corrected chi connectivity index (χ2v) is 5.13. The van der Waals surface area contributed by atoms with Crippen LogP contribution in [0, 0.1) is 6.92 Å². The van der Waals surface area contributed by atoms with E-state index in [2.05, 4.69) is 32.7 Å². The molecule has 4 heteroatoms. The summed E-state index contributed by atoms with van der Waals surface area (Å²) in [6.07, 6.45) is 5.73. The summed E-state index contributed by atoms with van der Waals surface area (Å²) < 4.78 is 1.11. The highest BCUT2D eigenvalue weighted by molar-refractivity contribution is 9.10. The molecule has 0 amide bonds. The van der Waals surface area contributed by atoms with Crippen LogP contribution in [0.15, 0.2) is 16.7 Å². The highest BCUT2D eigenvalue weighted by atomic mass is 79.9. The average molecular weight is 284 g/mol. The molecule has 88 valence electrons. The van der Waals surface area contributed by atoms with Crippen molar-refractivity contribution in [3.05, 3.63) is 22.3 Å². The number of nitrogens with two attached hydrogens (primary N) is 1. The molecule has 0 radical (unpaired) electrons. The van der Waals surface area contributed by atoms with Crippen LogP contribution in [-0.2, 0) is 0 Å². The van der Waals surface area contributed by atoms with Gasteiger partial charge in [0.1, 0.15) is 5.82 Å². The molecule has 1 fully saturated rings. The van der Waals surface area contributed by atoms with E-state index in [1.807, 2.05) is 12.3 Å². The Labute approximate surface area is 105 Å². The largest absolute Gasteiger partial charge is 0.351 e. The summed E-state index contributed by atoms with van der Waals surface area (Å²) in [5, 5.41) is 0. The molecule has 16 heavy (non-hydrogen) atoms. The van der Waals surface area contributed by atoms with Gasteiger partial charge in [-0.15, -0.1) is 0 Å². The van der Waals surface area contributed by atoms with Crippen molar-refractivity contribution in [1.29, 1.82) is 0 Å². The van der Waals surface area contributed by atoms with E-state index in [0.29, 0.717) is 12.6 Å². The van der Waals surface area contributed by atoms with Gasteiger partial charge in [-0.05, 0) is 53.7 Å². The Morgan fingerprint density at radius 2 is 2.31 bits per heavy atom. The quantitative estimate of drug-likeness (QED) is 0.923. The predicted molar refractivity (Wildman–Crippen MR) is 70.7 cm³/mol. The van der Waals surface area contributed by atoms with Crippen LogP contribution in [-0.4, -0.2) is 24.1 Å². The first kappa shape index (κ1) is 11.9. The number of aromatic nitrogens is 1. The van der Waals surface area contributed by atoms with Gasteiger partial charge >= 0.3 is 0 Å². The number of hydrogen-bond acceptors (Lipinski definition) is 3. The third kappa shape index (κ3) is 2.23. The molecule has 1 aromatic rings. The lowest BCUT2D eigenvalue weighted by Crippen LogP contribution is -2.43. The van der Waals surface area contributed by atoms with Crippen LogP contribution in [0.5, 0.6) is 0 Å². The van der Waals surface area contributed by atoms with E-state index < -0.39 is 0 Å². The topological polar surface area (TPSA) is 42.2 Å². The molecular weight excluding hydrogens is 266 g/mol. The Morgan fingerprint density at radius 3 is 2.88 bits per heavy atom. The van der Waals surface area contributed by atoms with E-state index in [9.17, 15) is 0 Å². The molecular formula is C12H18BrN3. The van der Waals surface area contributed by atoms with Crippen molar-refractivity contribution in [2.45, 2.75) is 32.2 Å². The van der Waals surface area contributed by atoms with Crippen molar-refractivity contribution >= 4 is 21.7 Å². The molecule has 1 aliphatic carbocycles. The Balaban J connectivity index is 2.26. The van der Waals surface area contributed by atoms with Gasteiger partial charge in [0.15, 0.2) is 0 Å². The summed E-state index contributed by atoms with van der Waals surface area (Å²) in [5.74, 6) is 1.05. The second kappa shape index (κ2) is 5.15. The Kier molecular flexibility index (Phi) is 3.82. The van der Waals surface area contributed by atoms with Crippen LogP contribution < -0.4 is 10.6 Å². The minimum Gasteiger partial charge on any atom is -0.351 e. The van der Waals surface area contributed by atoms with Crippen LogP contribution in [0.4, 0.5) is 5.82 Å². The highest BCUT2D eigenvalue weighted by Gasteiger charge is 2.26. The fourth-order valence-electron chi connectivity index (χ4n) is 2.02. The predicted octanol–water partition coefficient (Wildman–Crippen LogP) is 2.47. The lowest BCUT2D eigenvalue weighted by molar-refractivity contribution is 0.385. The van der Waals surface area contributed by atoms with Gasteiger partial charge in [-0.3, -0.25) is 0 Å². The summed E-state index contributed by atoms with van der Waals surface area (Å²) in [6, 6.07) is 2.66. The zero-order valence-corrected chi connectivity index (χ0v) is 11.2. The Bertz CT molecular complexity index is 363.